The quantitative estimate of drug-likeness (QED) is 0.567. The predicted octanol–water partition coefficient (Wildman–Crippen LogP) is 4.96. The molecule has 0 saturated carbocycles. The van der Waals surface area contributed by atoms with Gasteiger partial charge >= 0.3 is 0 Å². The van der Waals surface area contributed by atoms with E-state index in [2.05, 4.69) is 5.32 Å². The van der Waals surface area contributed by atoms with E-state index < -0.39 is 0 Å². The van der Waals surface area contributed by atoms with E-state index in [0.717, 1.165) is 36.9 Å². The van der Waals surface area contributed by atoms with Gasteiger partial charge in [0.15, 0.2) is 0 Å². The molecule has 0 radical (unpaired) electrons. The average Bonchev–Trinajstić information content (AvgIpc) is 2.58. The third-order valence-corrected chi connectivity index (χ3v) is 4.33. The van der Waals surface area contributed by atoms with Crippen LogP contribution in [-0.2, 0) is 13.2 Å². The fourth-order valence-corrected chi connectivity index (χ4v) is 2.80. The van der Waals surface area contributed by atoms with Crippen molar-refractivity contribution in [2.45, 2.75) is 32.4 Å². The molecule has 0 bridgehead atoms. The van der Waals surface area contributed by atoms with Crippen LogP contribution in [0.2, 0.25) is 10.0 Å². The topological polar surface area (TPSA) is 41.5 Å². The summed E-state index contributed by atoms with van der Waals surface area (Å²) in [6.45, 7) is 1.98. The highest BCUT2D eigenvalue weighted by atomic mass is 35.5. The molecular formula is C19H22Cl2FNO2. The second-order valence-corrected chi connectivity index (χ2v) is 6.58. The Morgan fingerprint density at radius 1 is 1.00 bits per heavy atom. The van der Waals surface area contributed by atoms with Gasteiger partial charge in [-0.2, -0.15) is 0 Å². The van der Waals surface area contributed by atoms with Crippen LogP contribution in [0.1, 0.15) is 30.4 Å². The molecule has 0 saturated heterocycles. The Morgan fingerprint density at radius 2 is 1.84 bits per heavy atom. The van der Waals surface area contributed by atoms with Gasteiger partial charge in [-0.05, 0) is 56.1 Å². The lowest BCUT2D eigenvalue weighted by Gasteiger charge is -2.13. The molecule has 0 aliphatic rings. The van der Waals surface area contributed by atoms with Crippen molar-refractivity contribution in [1.82, 2.24) is 5.32 Å². The van der Waals surface area contributed by atoms with Crippen LogP contribution < -0.4 is 10.1 Å². The Bertz CT molecular complexity index is 682. The normalized spacial score (nSPS) is 10.9. The summed E-state index contributed by atoms with van der Waals surface area (Å²) < 4.78 is 19.0. The van der Waals surface area contributed by atoms with Crippen LogP contribution in [0.15, 0.2) is 36.4 Å². The molecule has 3 nitrogen and oxygen atoms in total. The van der Waals surface area contributed by atoms with Gasteiger partial charge in [0.05, 0.1) is 5.02 Å². The first-order valence-corrected chi connectivity index (χ1v) is 9.02. The number of aliphatic hydroxyl groups excluding tert-OH is 1. The van der Waals surface area contributed by atoms with Crippen molar-refractivity contribution in [3.05, 3.63) is 63.4 Å². The van der Waals surface area contributed by atoms with Gasteiger partial charge in [-0.15, -0.1) is 0 Å². The van der Waals surface area contributed by atoms with E-state index in [0.29, 0.717) is 22.3 Å². The van der Waals surface area contributed by atoms with Crippen molar-refractivity contribution >= 4 is 23.2 Å². The van der Waals surface area contributed by atoms with Crippen molar-refractivity contribution in [3.63, 3.8) is 0 Å². The lowest BCUT2D eigenvalue weighted by molar-refractivity contribution is 0.282. The SMILES string of the molecule is OCCCCCNCc1cc(Cl)ccc1OCc1ccc(F)cc1Cl. The van der Waals surface area contributed by atoms with Crippen LogP contribution in [0.25, 0.3) is 0 Å². The maximum absolute atomic E-state index is 13.1. The molecule has 0 atom stereocenters. The minimum atomic E-state index is -0.369. The fraction of sp³-hybridized carbons (Fsp3) is 0.368. The molecule has 2 rings (SSSR count). The van der Waals surface area contributed by atoms with Crippen LogP contribution in [0.5, 0.6) is 5.75 Å². The number of aliphatic hydroxyl groups is 1. The summed E-state index contributed by atoms with van der Waals surface area (Å²) in [4.78, 5) is 0. The van der Waals surface area contributed by atoms with Gasteiger partial charge < -0.3 is 15.2 Å². The molecule has 2 aromatic rings. The first kappa shape index (κ1) is 20.0. The first-order valence-electron chi connectivity index (χ1n) is 8.27. The molecular weight excluding hydrogens is 364 g/mol. The molecule has 2 aromatic carbocycles. The van der Waals surface area contributed by atoms with Gasteiger partial charge in [0, 0.05) is 29.3 Å². The molecule has 6 heteroatoms. The molecule has 2 N–H and O–H groups in total. The molecule has 25 heavy (non-hydrogen) atoms. The van der Waals surface area contributed by atoms with Gasteiger partial charge in [-0.3, -0.25) is 0 Å². The second-order valence-electron chi connectivity index (χ2n) is 5.74. The lowest BCUT2D eigenvalue weighted by Crippen LogP contribution is -2.15. The molecule has 136 valence electrons. The maximum Gasteiger partial charge on any atom is 0.124 e. The zero-order valence-electron chi connectivity index (χ0n) is 13.9. The van der Waals surface area contributed by atoms with E-state index in [1.165, 1.54) is 12.1 Å². The number of rotatable bonds is 10. The van der Waals surface area contributed by atoms with Crippen LogP contribution in [0.4, 0.5) is 4.39 Å². The summed E-state index contributed by atoms with van der Waals surface area (Å²) in [5, 5.41) is 13.1. The van der Waals surface area contributed by atoms with E-state index in [4.69, 9.17) is 33.0 Å². The highest BCUT2D eigenvalue weighted by Crippen LogP contribution is 2.25. The van der Waals surface area contributed by atoms with Crippen molar-refractivity contribution in [2.75, 3.05) is 13.2 Å². The van der Waals surface area contributed by atoms with E-state index in [1.54, 1.807) is 12.1 Å². The summed E-state index contributed by atoms with van der Waals surface area (Å²) in [5.41, 5.74) is 1.67. The number of ether oxygens (including phenoxy) is 1. The zero-order valence-corrected chi connectivity index (χ0v) is 15.4. The summed E-state index contributed by atoms with van der Waals surface area (Å²) in [7, 11) is 0. The van der Waals surface area contributed by atoms with Crippen LogP contribution in [-0.4, -0.2) is 18.3 Å². The van der Waals surface area contributed by atoms with Crippen LogP contribution in [0, 0.1) is 5.82 Å². The number of nitrogens with one attached hydrogen (secondary N) is 1. The molecule has 0 spiro atoms. The van der Waals surface area contributed by atoms with Gasteiger partial charge in [0.1, 0.15) is 18.2 Å². The molecule has 0 fully saturated rings. The van der Waals surface area contributed by atoms with Gasteiger partial charge in [0.2, 0.25) is 0 Å². The van der Waals surface area contributed by atoms with Crippen molar-refractivity contribution in [1.29, 1.82) is 0 Å². The number of hydrogen-bond acceptors (Lipinski definition) is 3. The molecule has 0 aromatic heterocycles. The average molecular weight is 386 g/mol. The number of halogens is 3. The summed E-state index contributed by atoms with van der Waals surface area (Å²) in [6.07, 6.45) is 2.82. The van der Waals surface area contributed by atoms with Crippen LogP contribution >= 0.6 is 23.2 Å². The zero-order chi connectivity index (χ0) is 18.1. The van der Waals surface area contributed by atoms with Crippen molar-refractivity contribution in [2.24, 2.45) is 0 Å². The number of unbranched alkanes of at least 4 members (excludes halogenated alkanes) is 2. The monoisotopic (exact) mass is 385 g/mol. The van der Waals surface area contributed by atoms with Crippen molar-refractivity contribution < 1.29 is 14.2 Å². The smallest absolute Gasteiger partial charge is 0.124 e. The van der Waals surface area contributed by atoms with Gasteiger partial charge in [-0.25, -0.2) is 4.39 Å². The Balaban J connectivity index is 1.93. The minimum absolute atomic E-state index is 0.234. The molecule has 0 aliphatic carbocycles. The van der Waals surface area contributed by atoms with Crippen LogP contribution in [0.3, 0.4) is 0 Å². The molecule has 0 unspecified atom stereocenters. The Hall–Kier alpha value is -1.33. The van der Waals surface area contributed by atoms with Gasteiger partial charge in [0.25, 0.3) is 0 Å². The van der Waals surface area contributed by atoms with Crippen molar-refractivity contribution in [3.8, 4) is 5.75 Å². The second kappa shape index (κ2) is 10.6. The highest BCUT2D eigenvalue weighted by molar-refractivity contribution is 6.31. The summed E-state index contributed by atoms with van der Waals surface area (Å²) in [6, 6.07) is 9.71. The number of hydrogen-bond donors (Lipinski definition) is 2. The third kappa shape index (κ3) is 6.83. The standard InChI is InChI=1S/C19H22Cl2FNO2/c20-16-5-7-19(15(10-16)12-23-8-2-1-3-9-24)25-13-14-4-6-17(22)11-18(14)21/h4-7,10-11,23-24H,1-3,8-9,12-13H2. The third-order valence-electron chi connectivity index (χ3n) is 3.75. The largest absolute Gasteiger partial charge is 0.489 e. The van der Waals surface area contributed by atoms with E-state index >= 15 is 0 Å². The minimum Gasteiger partial charge on any atom is -0.489 e. The van der Waals surface area contributed by atoms with E-state index in [-0.39, 0.29) is 19.0 Å². The number of benzene rings is 2. The lowest BCUT2D eigenvalue weighted by atomic mass is 10.2. The van der Waals surface area contributed by atoms with E-state index in [1.807, 2.05) is 12.1 Å². The first-order chi connectivity index (χ1) is 12.1. The predicted molar refractivity (Wildman–Crippen MR) is 99.8 cm³/mol. The Labute approximate surface area is 157 Å². The Kier molecular flexibility index (Phi) is 8.49. The summed E-state index contributed by atoms with van der Waals surface area (Å²) in [5.74, 6) is 0.346. The molecule has 0 amide bonds. The molecule has 0 aliphatic heterocycles. The van der Waals surface area contributed by atoms with Gasteiger partial charge in [-0.1, -0.05) is 29.3 Å². The summed E-state index contributed by atoms with van der Waals surface area (Å²) >= 11 is 12.1. The molecule has 0 heterocycles. The van der Waals surface area contributed by atoms with E-state index in [9.17, 15) is 4.39 Å². The maximum atomic E-state index is 13.1. The Morgan fingerprint density at radius 3 is 2.60 bits per heavy atom. The highest BCUT2D eigenvalue weighted by Gasteiger charge is 2.08. The fourth-order valence-electron chi connectivity index (χ4n) is 2.38.